The third-order valence-corrected chi connectivity index (χ3v) is 6.10. The lowest BCUT2D eigenvalue weighted by Gasteiger charge is -2.02. The molecule has 5 aromatic rings. The van der Waals surface area contributed by atoms with Gasteiger partial charge in [-0.05, 0) is 70.5 Å². The van der Waals surface area contributed by atoms with E-state index < -0.39 is 0 Å². The number of fused-ring (bicyclic) bond motifs is 1. The number of aromatic nitrogens is 2. The zero-order valence-electron chi connectivity index (χ0n) is 17.3. The predicted octanol–water partition coefficient (Wildman–Crippen LogP) is 7.87. The number of oxazole rings is 1. The first kappa shape index (κ1) is 22.4. The number of hydrogen-bond donors (Lipinski definition) is 1. The van der Waals surface area contributed by atoms with Crippen LogP contribution in [0.4, 0.5) is 5.69 Å². The van der Waals surface area contributed by atoms with Crippen LogP contribution in [0.3, 0.4) is 0 Å². The summed E-state index contributed by atoms with van der Waals surface area (Å²) in [6, 6.07) is 15.9. The van der Waals surface area contributed by atoms with E-state index in [1.807, 2.05) is 12.1 Å². The number of amides is 1. The Morgan fingerprint density at radius 2 is 1.91 bits per heavy atom. The van der Waals surface area contributed by atoms with E-state index in [2.05, 4.69) is 31.2 Å². The van der Waals surface area contributed by atoms with Crippen LogP contribution >= 0.6 is 39.1 Å². The van der Waals surface area contributed by atoms with Crippen LogP contribution in [0.1, 0.15) is 5.76 Å². The van der Waals surface area contributed by atoms with Crippen molar-refractivity contribution < 1.29 is 13.6 Å². The summed E-state index contributed by atoms with van der Waals surface area (Å²) >= 11 is 15.7. The molecule has 5 rings (SSSR count). The molecule has 0 saturated heterocycles. The summed E-state index contributed by atoms with van der Waals surface area (Å²) in [5.41, 5.74) is 3.23. The highest BCUT2D eigenvalue weighted by molar-refractivity contribution is 9.10. The first-order valence-electron chi connectivity index (χ1n) is 10.0. The second kappa shape index (κ2) is 9.46. The highest BCUT2D eigenvalue weighted by atomic mass is 79.9. The van der Waals surface area contributed by atoms with Crippen LogP contribution in [0, 0.1) is 0 Å². The van der Waals surface area contributed by atoms with Crippen LogP contribution < -0.4 is 5.32 Å². The van der Waals surface area contributed by atoms with Gasteiger partial charge in [0.1, 0.15) is 17.0 Å². The topological polar surface area (TPSA) is 81.2 Å². The van der Waals surface area contributed by atoms with Gasteiger partial charge >= 0.3 is 0 Å². The Hall–Kier alpha value is -3.39. The van der Waals surface area contributed by atoms with E-state index in [0.717, 1.165) is 10.0 Å². The van der Waals surface area contributed by atoms with Crippen molar-refractivity contribution in [3.63, 3.8) is 0 Å². The van der Waals surface area contributed by atoms with Gasteiger partial charge in [-0.15, -0.1) is 0 Å². The minimum Gasteiger partial charge on any atom is -0.457 e. The molecule has 0 spiro atoms. The van der Waals surface area contributed by atoms with Gasteiger partial charge in [0.25, 0.3) is 0 Å². The number of anilines is 1. The molecular weight excluding hydrogens is 541 g/mol. The summed E-state index contributed by atoms with van der Waals surface area (Å²) in [5, 5.41) is 3.66. The number of pyridine rings is 1. The fourth-order valence-electron chi connectivity index (χ4n) is 3.28. The van der Waals surface area contributed by atoms with Gasteiger partial charge in [-0.2, -0.15) is 0 Å². The lowest BCUT2D eigenvalue weighted by atomic mass is 10.2. The van der Waals surface area contributed by atoms with Crippen LogP contribution in [-0.4, -0.2) is 15.9 Å². The highest BCUT2D eigenvalue weighted by Gasteiger charge is 2.12. The van der Waals surface area contributed by atoms with Crippen molar-refractivity contribution in [2.45, 2.75) is 0 Å². The van der Waals surface area contributed by atoms with Gasteiger partial charge in [0.2, 0.25) is 11.8 Å². The molecule has 0 bridgehead atoms. The number of nitrogens with one attached hydrogen (secondary N) is 1. The summed E-state index contributed by atoms with van der Waals surface area (Å²) in [4.78, 5) is 21.1. The fourth-order valence-corrected chi connectivity index (χ4v) is 4.04. The van der Waals surface area contributed by atoms with Crippen LogP contribution in [0.15, 0.2) is 86.4 Å². The molecule has 0 atom stereocenters. The van der Waals surface area contributed by atoms with E-state index in [4.69, 9.17) is 32.0 Å². The average molecular weight is 555 g/mol. The minimum atomic E-state index is -0.321. The maximum Gasteiger partial charge on any atom is 0.248 e. The first-order valence-corrected chi connectivity index (χ1v) is 11.6. The van der Waals surface area contributed by atoms with Crippen LogP contribution in [0.5, 0.6) is 0 Å². The van der Waals surface area contributed by atoms with Crippen LogP contribution in [0.25, 0.3) is 40.0 Å². The van der Waals surface area contributed by atoms with Crippen molar-refractivity contribution in [3.05, 3.63) is 93.3 Å². The lowest BCUT2D eigenvalue weighted by molar-refractivity contribution is -0.111. The van der Waals surface area contributed by atoms with Crippen LogP contribution in [0.2, 0.25) is 10.0 Å². The van der Waals surface area contributed by atoms with Gasteiger partial charge in [0, 0.05) is 34.2 Å². The predicted molar refractivity (Wildman–Crippen MR) is 137 cm³/mol. The molecule has 0 saturated carbocycles. The number of rotatable bonds is 5. The molecule has 1 N–H and O–H groups in total. The van der Waals surface area contributed by atoms with Gasteiger partial charge in [-0.25, -0.2) is 4.98 Å². The molecule has 6 nitrogen and oxygen atoms in total. The zero-order valence-corrected chi connectivity index (χ0v) is 20.4. The Balaban J connectivity index is 1.29. The number of hydrogen-bond acceptors (Lipinski definition) is 5. The smallest absolute Gasteiger partial charge is 0.248 e. The molecular formula is C25H14BrCl2N3O3. The van der Waals surface area contributed by atoms with E-state index in [-0.39, 0.29) is 5.91 Å². The van der Waals surface area contributed by atoms with E-state index in [9.17, 15) is 4.79 Å². The molecule has 0 radical (unpaired) electrons. The van der Waals surface area contributed by atoms with Crippen LogP contribution in [-0.2, 0) is 4.79 Å². The quantitative estimate of drug-likeness (QED) is 0.223. The Morgan fingerprint density at radius 3 is 2.76 bits per heavy atom. The molecule has 34 heavy (non-hydrogen) atoms. The third-order valence-electron chi connectivity index (χ3n) is 4.85. The number of furan rings is 1. The monoisotopic (exact) mass is 553 g/mol. The molecule has 1 amide bonds. The third kappa shape index (κ3) is 4.77. The zero-order chi connectivity index (χ0) is 23.7. The Bertz CT molecular complexity index is 1560. The van der Waals surface area contributed by atoms with Crippen molar-refractivity contribution >= 4 is 67.9 Å². The van der Waals surface area contributed by atoms with Crippen molar-refractivity contribution in [2.75, 3.05) is 5.32 Å². The maximum atomic E-state index is 12.4. The largest absolute Gasteiger partial charge is 0.457 e. The summed E-state index contributed by atoms with van der Waals surface area (Å²) < 4.78 is 12.4. The molecule has 9 heteroatoms. The summed E-state index contributed by atoms with van der Waals surface area (Å²) in [5.74, 6) is 1.18. The summed E-state index contributed by atoms with van der Waals surface area (Å²) in [6.45, 7) is 0. The summed E-state index contributed by atoms with van der Waals surface area (Å²) in [7, 11) is 0. The number of carbonyl (C=O) groups excluding carboxylic acids is 1. The van der Waals surface area contributed by atoms with Gasteiger partial charge in [-0.3, -0.25) is 9.78 Å². The first-order chi connectivity index (χ1) is 16.5. The number of halogens is 3. The second-order valence-electron chi connectivity index (χ2n) is 7.22. The normalized spacial score (nSPS) is 11.4. The molecule has 168 valence electrons. The maximum absolute atomic E-state index is 12.4. The molecule has 3 heterocycles. The molecule has 2 aromatic carbocycles. The van der Waals surface area contributed by atoms with E-state index in [1.54, 1.807) is 60.9 Å². The number of nitrogens with zero attached hydrogens (tertiary/aromatic N) is 2. The van der Waals surface area contributed by atoms with Crippen molar-refractivity contribution in [1.29, 1.82) is 0 Å². The molecule has 0 aliphatic rings. The lowest BCUT2D eigenvalue weighted by Crippen LogP contribution is -2.07. The molecule has 3 aromatic heterocycles. The second-order valence-corrected chi connectivity index (χ2v) is 8.92. The fraction of sp³-hybridized carbons (Fsp3) is 0. The molecule has 0 aliphatic heterocycles. The van der Waals surface area contributed by atoms with Crippen molar-refractivity contribution in [2.24, 2.45) is 0 Å². The van der Waals surface area contributed by atoms with Gasteiger partial charge in [0.05, 0.1) is 15.6 Å². The van der Waals surface area contributed by atoms with Gasteiger partial charge < -0.3 is 14.2 Å². The van der Waals surface area contributed by atoms with Crippen molar-refractivity contribution in [3.8, 4) is 22.8 Å². The highest BCUT2D eigenvalue weighted by Crippen LogP contribution is 2.34. The number of benzene rings is 2. The van der Waals surface area contributed by atoms with Gasteiger partial charge in [-0.1, -0.05) is 29.3 Å². The van der Waals surface area contributed by atoms with E-state index >= 15 is 0 Å². The van der Waals surface area contributed by atoms with Crippen molar-refractivity contribution in [1.82, 2.24) is 9.97 Å². The average Bonchev–Trinajstić information content (AvgIpc) is 3.46. The minimum absolute atomic E-state index is 0.321. The standard InChI is InChI=1S/C25H14BrCl2N3O3/c26-15-10-14(12-29-13-15)25-31-20-11-16(4-7-22(20)34-25)30-23(32)9-6-17-5-8-21(33-17)18-2-1-3-19(27)24(18)28/h1-13H,(H,30,32). The SMILES string of the molecule is O=C(C=Cc1ccc(-c2cccc(Cl)c2Cl)o1)Nc1ccc2oc(-c3cncc(Br)c3)nc2c1. The molecule has 0 fully saturated rings. The Morgan fingerprint density at radius 1 is 1.03 bits per heavy atom. The molecule has 0 aliphatic carbocycles. The Kier molecular flexibility index (Phi) is 6.24. The summed E-state index contributed by atoms with van der Waals surface area (Å²) in [6.07, 6.45) is 6.31. The Labute approximate surface area is 212 Å². The molecule has 0 unspecified atom stereocenters. The van der Waals surface area contributed by atoms with E-state index in [0.29, 0.717) is 49.8 Å². The van der Waals surface area contributed by atoms with Gasteiger partial charge in [0.15, 0.2) is 5.58 Å². The number of carbonyl (C=O) groups is 1. The van der Waals surface area contributed by atoms with E-state index in [1.165, 1.54) is 6.08 Å².